The summed E-state index contributed by atoms with van der Waals surface area (Å²) in [6.07, 6.45) is 0.987. The van der Waals surface area contributed by atoms with Crippen LogP contribution in [0.5, 0.6) is 11.5 Å². The molecule has 0 bridgehead atoms. The van der Waals surface area contributed by atoms with Gasteiger partial charge in [0.15, 0.2) is 11.5 Å². The summed E-state index contributed by atoms with van der Waals surface area (Å²) in [7, 11) is -3.76. The van der Waals surface area contributed by atoms with E-state index in [0.717, 1.165) is 36.7 Å². The molecule has 2 saturated heterocycles. The van der Waals surface area contributed by atoms with Crippen molar-refractivity contribution in [3.8, 4) is 11.5 Å². The summed E-state index contributed by atoms with van der Waals surface area (Å²) in [5, 5.41) is 0.460. The number of benzene rings is 2. The van der Waals surface area contributed by atoms with Gasteiger partial charge in [-0.05, 0) is 48.7 Å². The van der Waals surface area contributed by atoms with Crippen molar-refractivity contribution in [3.63, 3.8) is 0 Å². The SMILES string of the molecule is O=C(C1CCN(S(=O)(=O)c2cc(Cl)ccc2Cl)CC1)N1CCN(Cc2ccc3c(c2)OCO3)CC1. The number of ether oxygens (including phenoxy) is 2. The molecule has 1 amide bonds. The van der Waals surface area contributed by atoms with Crippen LogP contribution in [-0.4, -0.2) is 74.5 Å². The van der Waals surface area contributed by atoms with E-state index in [-0.39, 0.29) is 41.6 Å². The van der Waals surface area contributed by atoms with Gasteiger partial charge in [-0.2, -0.15) is 4.31 Å². The molecule has 5 rings (SSSR count). The molecule has 11 heteroatoms. The highest BCUT2D eigenvalue weighted by Gasteiger charge is 2.35. The minimum Gasteiger partial charge on any atom is -0.454 e. The smallest absolute Gasteiger partial charge is 0.244 e. The van der Waals surface area contributed by atoms with E-state index in [9.17, 15) is 13.2 Å². The van der Waals surface area contributed by atoms with Crippen LogP contribution in [0.2, 0.25) is 10.0 Å². The zero-order valence-electron chi connectivity index (χ0n) is 19.2. The summed E-state index contributed by atoms with van der Waals surface area (Å²) in [5.74, 6) is 1.50. The number of nitrogens with zero attached hydrogens (tertiary/aromatic N) is 3. The second-order valence-corrected chi connectivity index (χ2v) is 11.8. The number of sulfonamides is 1. The molecule has 0 aromatic heterocycles. The van der Waals surface area contributed by atoms with Gasteiger partial charge in [0.1, 0.15) is 4.90 Å². The fraction of sp³-hybridized carbons (Fsp3) is 0.458. The van der Waals surface area contributed by atoms with Gasteiger partial charge in [0.05, 0.1) is 5.02 Å². The van der Waals surface area contributed by atoms with Gasteiger partial charge < -0.3 is 14.4 Å². The number of fused-ring (bicyclic) bond motifs is 1. The second kappa shape index (κ2) is 10.1. The third-order valence-electron chi connectivity index (χ3n) is 6.84. The van der Waals surface area contributed by atoms with Gasteiger partial charge in [-0.15, -0.1) is 0 Å². The summed E-state index contributed by atoms with van der Waals surface area (Å²) in [6.45, 7) is 4.54. The van der Waals surface area contributed by atoms with E-state index in [4.69, 9.17) is 32.7 Å². The molecular formula is C24H27Cl2N3O5S. The van der Waals surface area contributed by atoms with E-state index in [0.29, 0.717) is 31.0 Å². The number of piperazine rings is 1. The first-order valence-corrected chi connectivity index (χ1v) is 13.9. The van der Waals surface area contributed by atoms with Crippen molar-refractivity contribution in [2.75, 3.05) is 46.1 Å². The Bertz CT molecular complexity index is 1210. The highest BCUT2D eigenvalue weighted by molar-refractivity contribution is 7.89. The van der Waals surface area contributed by atoms with Crippen LogP contribution < -0.4 is 9.47 Å². The van der Waals surface area contributed by atoms with Crippen LogP contribution in [0.25, 0.3) is 0 Å². The lowest BCUT2D eigenvalue weighted by Gasteiger charge is -2.38. The Morgan fingerprint density at radius 3 is 2.37 bits per heavy atom. The second-order valence-electron chi connectivity index (χ2n) is 9.04. The van der Waals surface area contributed by atoms with Gasteiger partial charge in [0.25, 0.3) is 0 Å². The summed E-state index contributed by atoms with van der Waals surface area (Å²) >= 11 is 12.1. The van der Waals surface area contributed by atoms with Crippen LogP contribution in [0.3, 0.4) is 0 Å². The van der Waals surface area contributed by atoms with Gasteiger partial charge in [0.2, 0.25) is 22.7 Å². The molecule has 0 N–H and O–H groups in total. The number of piperidine rings is 1. The van der Waals surface area contributed by atoms with E-state index < -0.39 is 10.0 Å². The van der Waals surface area contributed by atoms with Gasteiger partial charge in [-0.3, -0.25) is 9.69 Å². The zero-order valence-corrected chi connectivity index (χ0v) is 21.5. The predicted molar refractivity (Wildman–Crippen MR) is 132 cm³/mol. The first kappa shape index (κ1) is 24.6. The van der Waals surface area contributed by atoms with Gasteiger partial charge in [0, 0.05) is 56.8 Å². The standard InChI is InChI=1S/C24H27Cl2N3O5S/c25-19-2-3-20(26)23(14-19)35(31,32)29-7-5-18(6-8-29)24(30)28-11-9-27(10-12-28)15-17-1-4-21-22(13-17)34-16-33-21/h1-4,13-14,18H,5-12,15-16H2. The van der Waals surface area contributed by atoms with Gasteiger partial charge in [-0.1, -0.05) is 29.3 Å². The van der Waals surface area contributed by atoms with Crippen molar-refractivity contribution in [1.82, 2.24) is 14.1 Å². The molecule has 2 aromatic carbocycles. The monoisotopic (exact) mass is 539 g/mol. The Morgan fingerprint density at radius 2 is 1.63 bits per heavy atom. The largest absolute Gasteiger partial charge is 0.454 e. The van der Waals surface area contributed by atoms with E-state index in [1.54, 1.807) is 6.07 Å². The minimum absolute atomic E-state index is 0.00928. The number of carbonyl (C=O) groups is 1. The van der Waals surface area contributed by atoms with Crippen LogP contribution >= 0.6 is 23.2 Å². The molecule has 0 spiro atoms. The molecule has 2 aromatic rings. The lowest BCUT2D eigenvalue weighted by Crippen LogP contribution is -2.51. The third kappa shape index (κ3) is 5.24. The molecule has 3 aliphatic rings. The first-order valence-electron chi connectivity index (χ1n) is 11.7. The molecule has 0 atom stereocenters. The average Bonchev–Trinajstić information content (AvgIpc) is 3.33. The van der Waals surface area contributed by atoms with Crippen LogP contribution in [0.15, 0.2) is 41.3 Å². The highest BCUT2D eigenvalue weighted by atomic mass is 35.5. The number of hydrogen-bond acceptors (Lipinski definition) is 6. The number of rotatable bonds is 5. The lowest BCUT2D eigenvalue weighted by molar-refractivity contribution is -0.138. The fourth-order valence-electron chi connectivity index (χ4n) is 4.84. The van der Waals surface area contributed by atoms with Gasteiger partial charge in [-0.25, -0.2) is 8.42 Å². The topological polar surface area (TPSA) is 79.4 Å². The Balaban J connectivity index is 1.12. The van der Waals surface area contributed by atoms with Crippen molar-refractivity contribution in [3.05, 3.63) is 52.0 Å². The molecule has 3 heterocycles. The average molecular weight is 540 g/mol. The normalized spacial score (nSPS) is 19.8. The molecule has 0 aliphatic carbocycles. The fourth-order valence-corrected chi connectivity index (χ4v) is 7.05. The number of hydrogen-bond donors (Lipinski definition) is 0. The van der Waals surface area contributed by atoms with Crippen LogP contribution in [0.4, 0.5) is 0 Å². The van der Waals surface area contributed by atoms with Crippen molar-refractivity contribution < 1.29 is 22.7 Å². The predicted octanol–water partition coefficient (Wildman–Crippen LogP) is 3.47. The number of carbonyl (C=O) groups excluding carboxylic acids is 1. The zero-order chi connectivity index (χ0) is 24.6. The molecule has 2 fully saturated rings. The molecule has 3 aliphatic heterocycles. The Labute approximate surface area is 215 Å². The van der Waals surface area contributed by atoms with Crippen molar-refractivity contribution >= 4 is 39.1 Å². The van der Waals surface area contributed by atoms with Crippen molar-refractivity contribution in [2.24, 2.45) is 5.92 Å². The Morgan fingerprint density at radius 1 is 0.914 bits per heavy atom. The van der Waals surface area contributed by atoms with Crippen LogP contribution in [0.1, 0.15) is 18.4 Å². The number of halogens is 2. The third-order valence-corrected chi connectivity index (χ3v) is 9.46. The van der Waals surface area contributed by atoms with Gasteiger partial charge >= 0.3 is 0 Å². The quantitative estimate of drug-likeness (QED) is 0.578. The first-order chi connectivity index (χ1) is 16.8. The van der Waals surface area contributed by atoms with Crippen molar-refractivity contribution in [2.45, 2.75) is 24.3 Å². The molecule has 0 unspecified atom stereocenters. The molecule has 8 nitrogen and oxygen atoms in total. The summed E-state index contributed by atoms with van der Waals surface area (Å²) in [4.78, 5) is 17.4. The van der Waals surface area contributed by atoms with E-state index in [1.807, 2.05) is 23.1 Å². The summed E-state index contributed by atoms with van der Waals surface area (Å²) < 4.78 is 38.3. The van der Waals surface area contributed by atoms with Crippen molar-refractivity contribution in [1.29, 1.82) is 0 Å². The minimum atomic E-state index is -3.76. The Hall–Kier alpha value is -2.04. The van der Waals surface area contributed by atoms with Crippen LogP contribution in [-0.2, 0) is 21.4 Å². The number of amides is 1. The lowest BCUT2D eigenvalue weighted by atomic mass is 9.96. The Kier molecular flexibility index (Phi) is 7.14. The molecule has 0 radical (unpaired) electrons. The molecular weight excluding hydrogens is 513 g/mol. The summed E-state index contributed by atoms with van der Waals surface area (Å²) in [6, 6.07) is 10.4. The maximum atomic E-state index is 13.1. The molecule has 0 saturated carbocycles. The summed E-state index contributed by atoms with van der Waals surface area (Å²) in [5.41, 5.74) is 1.16. The maximum Gasteiger partial charge on any atom is 0.244 e. The van der Waals surface area contributed by atoms with E-state index in [1.165, 1.54) is 16.4 Å². The maximum absolute atomic E-state index is 13.1. The highest BCUT2D eigenvalue weighted by Crippen LogP contribution is 2.33. The molecule has 188 valence electrons. The van der Waals surface area contributed by atoms with E-state index in [2.05, 4.69) is 4.90 Å². The van der Waals surface area contributed by atoms with E-state index >= 15 is 0 Å². The van der Waals surface area contributed by atoms with Crippen LogP contribution in [0, 0.1) is 5.92 Å². The molecule has 35 heavy (non-hydrogen) atoms.